The Hall–Kier alpha value is -0.520. The van der Waals surface area contributed by atoms with Crippen LogP contribution in [0.4, 0.5) is 0 Å². The molecule has 1 heterocycles. The first kappa shape index (κ1) is 15.9. The van der Waals surface area contributed by atoms with E-state index in [2.05, 4.69) is 4.90 Å². The highest BCUT2D eigenvalue weighted by Crippen LogP contribution is 2.32. The second-order valence-electron chi connectivity index (χ2n) is 4.58. The second-order valence-corrected chi connectivity index (χ2v) is 5.77. The van der Waals surface area contributed by atoms with Crippen molar-refractivity contribution in [3.05, 3.63) is 32.8 Å². The van der Waals surface area contributed by atoms with Gasteiger partial charge in [0.15, 0.2) is 0 Å². The van der Waals surface area contributed by atoms with Crippen LogP contribution in [0.3, 0.4) is 0 Å². The number of aliphatic hydroxyl groups is 1. The maximum absolute atomic E-state index is 12.5. The van der Waals surface area contributed by atoms with Gasteiger partial charge >= 0.3 is 0 Å². The van der Waals surface area contributed by atoms with Gasteiger partial charge in [0.25, 0.3) is 5.91 Å². The van der Waals surface area contributed by atoms with E-state index >= 15 is 0 Å². The number of hydrogen-bond acceptors (Lipinski definition) is 3. The van der Waals surface area contributed by atoms with Gasteiger partial charge in [-0.25, -0.2) is 0 Å². The summed E-state index contributed by atoms with van der Waals surface area (Å²) in [5, 5.41) is 9.72. The number of β-amino-alcohol motifs (C(OH)–C–C–N with tert-alkyl or cyclic N) is 1. The van der Waals surface area contributed by atoms with Gasteiger partial charge < -0.3 is 10.0 Å². The molecule has 0 aromatic heterocycles. The highest BCUT2D eigenvalue weighted by atomic mass is 35.5. The average molecular weight is 338 g/mol. The predicted molar refractivity (Wildman–Crippen MR) is 80.9 cm³/mol. The minimum absolute atomic E-state index is 0.125. The lowest BCUT2D eigenvalue weighted by molar-refractivity contribution is 0.0615. The Labute approximate surface area is 132 Å². The maximum atomic E-state index is 12.5. The summed E-state index contributed by atoms with van der Waals surface area (Å²) >= 11 is 18.1. The van der Waals surface area contributed by atoms with Crippen LogP contribution < -0.4 is 0 Å². The van der Waals surface area contributed by atoms with E-state index in [9.17, 15) is 4.79 Å². The summed E-state index contributed by atoms with van der Waals surface area (Å²) in [7, 11) is 0. The normalized spacial score (nSPS) is 16.5. The minimum atomic E-state index is -0.203. The monoisotopic (exact) mass is 336 g/mol. The van der Waals surface area contributed by atoms with E-state index in [1.165, 1.54) is 0 Å². The Morgan fingerprint density at radius 2 is 1.70 bits per heavy atom. The summed E-state index contributed by atoms with van der Waals surface area (Å²) in [5.41, 5.74) is 0.261. The van der Waals surface area contributed by atoms with Gasteiger partial charge in [0, 0.05) is 32.7 Å². The van der Waals surface area contributed by atoms with Gasteiger partial charge in [-0.15, -0.1) is 0 Å². The minimum Gasteiger partial charge on any atom is -0.395 e. The van der Waals surface area contributed by atoms with Crippen molar-refractivity contribution in [2.75, 3.05) is 39.3 Å². The average Bonchev–Trinajstić information content (AvgIpc) is 2.44. The lowest BCUT2D eigenvalue weighted by atomic mass is 10.1. The van der Waals surface area contributed by atoms with Crippen molar-refractivity contribution in [3.63, 3.8) is 0 Å². The van der Waals surface area contributed by atoms with Gasteiger partial charge in [-0.3, -0.25) is 9.69 Å². The fourth-order valence-corrected chi connectivity index (χ4v) is 2.89. The van der Waals surface area contributed by atoms with E-state index in [-0.39, 0.29) is 23.1 Å². The Balaban J connectivity index is 2.12. The molecular formula is C13H15Cl3N2O2. The molecule has 1 amide bonds. The fourth-order valence-electron chi connectivity index (χ4n) is 2.20. The van der Waals surface area contributed by atoms with Crippen LogP contribution in [0.25, 0.3) is 0 Å². The molecule has 1 aromatic rings. The van der Waals surface area contributed by atoms with Crippen molar-refractivity contribution >= 4 is 40.7 Å². The lowest BCUT2D eigenvalue weighted by Gasteiger charge is -2.34. The van der Waals surface area contributed by atoms with Crippen LogP contribution in [0.5, 0.6) is 0 Å². The Morgan fingerprint density at radius 3 is 2.30 bits per heavy atom. The van der Waals surface area contributed by atoms with Crippen molar-refractivity contribution in [2.45, 2.75) is 0 Å². The number of carbonyl (C=O) groups excluding carboxylic acids is 1. The number of aliphatic hydroxyl groups excluding tert-OH is 1. The third-order valence-corrected chi connectivity index (χ3v) is 4.45. The van der Waals surface area contributed by atoms with Crippen molar-refractivity contribution in [2.24, 2.45) is 0 Å². The van der Waals surface area contributed by atoms with Gasteiger partial charge in [-0.1, -0.05) is 34.8 Å². The third kappa shape index (κ3) is 3.38. The van der Waals surface area contributed by atoms with Crippen LogP contribution in [-0.4, -0.2) is 60.1 Å². The number of amides is 1. The van der Waals surface area contributed by atoms with E-state index in [1.54, 1.807) is 17.0 Å². The molecule has 1 aliphatic heterocycles. The molecule has 1 aromatic carbocycles. The topological polar surface area (TPSA) is 43.8 Å². The number of halogens is 3. The quantitative estimate of drug-likeness (QED) is 0.861. The first-order valence-electron chi connectivity index (χ1n) is 6.30. The molecular weight excluding hydrogens is 323 g/mol. The first-order chi connectivity index (χ1) is 9.54. The van der Waals surface area contributed by atoms with E-state index in [0.717, 1.165) is 13.1 Å². The standard InChI is InChI=1S/C13H15Cl3N2O2/c14-9-1-2-10(15)12(16)11(9)13(20)18-5-3-17(4-6-18)7-8-19/h1-2,19H,3-8H2. The Bertz CT molecular complexity index is 503. The van der Waals surface area contributed by atoms with E-state index < -0.39 is 0 Å². The zero-order valence-electron chi connectivity index (χ0n) is 10.8. The molecule has 20 heavy (non-hydrogen) atoms. The molecule has 110 valence electrons. The smallest absolute Gasteiger partial charge is 0.257 e. The molecule has 7 heteroatoms. The molecule has 0 radical (unpaired) electrons. The summed E-state index contributed by atoms with van der Waals surface area (Å²) in [6.07, 6.45) is 0. The molecule has 1 N–H and O–H groups in total. The maximum Gasteiger partial charge on any atom is 0.257 e. The number of hydrogen-bond donors (Lipinski definition) is 1. The Kier molecular flexibility index (Phi) is 5.52. The summed E-state index contributed by atoms with van der Waals surface area (Å²) in [6.45, 7) is 3.36. The number of benzene rings is 1. The molecule has 0 atom stereocenters. The third-order valence-electron chi connectivity index (χ3n) is 3.33. The van der Waals surface area contributed by atoms with Crippen molar-refractivity contribution < 1.29 is 9.90 Å². The van der Waals surface area contributed by atoms with Gasteiger partial charge in [0.1, 0.15) is 0 Å². The molecule has 0 saturated carbocycles. The largest absolute Gasteiger partial charge is 0.395 e. The van der Waals surface area contributed by atoms with Gasteiger partial charge in [-0.2, -0.15) is 0 Å². The molecule has 1 fully saturated rings. The van der Waals surface area contributed by atoms with Gasteiger partial charge in [0.2, 0.25) is 0 Å². The number of carbonyl (C=O) groups is 1. The number of nitrogens with zero attached hydrogens (tertiary/aromatic N) is 2. The van der Waals surface area contributed by atoms with Crippen LogP contribution in [-0.2, 0) is 0 Å². The molecule has 0 unspecified atom stereocenters. The number of rotatable bonds is 3. The predicted octanol–water partition coefficient (Wildman–Crippen LogP) is 2.40. The van der Waals surface area contributed by atoms with Gasteiger partial charge in [-0.05, 0) is 12.1 Å². The summed E-state index contributed by atoms with van der Waals surface area (Å²) < 4.78 is 0. The fraction of sp³-hybridized carbons (Fsp3) is 0.462. The van der Waals surface area contributed by atoms with Crippen LogP contribution >= 0.6 is 34.8 Å². The summed E-state index contributed by atoms with van der Waals surface area (Å²) in [4.78, 5) is 16.3. The summed E-state index contributed by atoms with van der Waals surface area (Å²) in [6, 6.07) is 3.15. The first-order valence-corrected chi connectivity index (χ1v) is 7.44. The number of piperazine rings is 1. The van der Waals surface area contributed by atoms with Gasteiger partial charge in [0.05, 0.1) is 27.2 Å². The van der Waals surface area contributed by atoms with Crippen molar-refractivity contribution in [3.8, 4) is 0 Å². The zero-order chi connectivity index (χ0) is 14.7. The van der Waals surface area contributed by atoms with E-state index in [0.29, 0.717) is 29.7 Å². The Morgan fingerprint density at radius 1 is 1.10 bits per heavy atom. The zero-order valence-corrected chi connectivity index (χ0v) is 13.0. The SMILES string of the molecule is O=C(c1c(Cl)ccc(Cl)c1Cl)N1CCN(CCO)CC1. The van der Waals surface area contributed by atoms with Crippen LogP contribution in [0.2, 0.25) is 15.1 Å². The van der Waals surface area contributed by atoms with Crippen molar-refractivity contribution in [1.29, 1.82) is 0 Å². The van der Waals surface area contributed by atoms with Crippen LogP contribution in [0.15, 0.2) is 12.1 Å². The molecule has 0 bridgehead atoms. The van der Waals surface area contributed by atoms with E-state index in [4.69, 9.17) is 39.9 Å². The molecule has 2 rings (SSSR count). The van der Waals surface area contributed by atoms with Crippen LogP contribution in [0.1, 0.15) is 10.4 Å². The molecule has 0 spiro atoms. The van der Waals surface area contributed by atoms with Crippen molar-refractivity contribution in [1.82, 2.24) is 9.80 Å². The lowest BCUT2D eigenvalue weighted by Crippen LogP contribution is -2.49. The molecule has 1 aliphatic rings. The summed E-state index contributed by atoms with van der Waals surface area (Å²) in [5.74, 6) is -0.203. The molecule has 1 saturated heterocycles. The molecule has 4 nitrogen and oxygen atoms in total. The van der Waals surface area contributed by atoms with Crippen LogP contribution in [0, 0.1) is 0 Å². The molecule has 0 aliphatic carbocycles. The second kappa shape index (κ2) is 6.96. The highest BCUT2D eigenvalue weighted by Gasteiger charge is 2.26. The van der Waals surface area contributed by atoms with E-state index in [1.807, 2.05) is 0 Å². The highest BCUT2D eigenvalue weighted by molar-refractivity contribution is 6.46.